The minimum atomic E-state index is 0.561. The molecule has 0 bridgehead atoms. The first-order valence-electron chi connectivity index (χ1n) is 6.62. The monoisotopic (exact) mass is 234 g/mol. The van der Waals surface area contributed by atoms with Crippen molar-refractivity contribution in [3.8, 4) is 0 Å². The number of anilines is 2. The Morgan fingerprint density at radius 2 is 2.12 bits per heavy atom. The molecule has 0 aliphatic heterocycles. The number of hydrogen-bond donors (Lipinski definition) is 2. The van der Waals surface area contributed by atoms with E-state index in [0.29, 0.717) is 6.04 Å². The first kappa shape index (κ1) is 12.1. The summed E-state index contributed by atoms with van der Waals surface area (Å²) in [6.07, 6.45) is 8.56. The highest BCUT2D eigenvalue weighted by Crippen LogP contribution is 2.27. The second-order valence-electron chi connectivity index (χ2n) is 4.88. The maximum absolute atomic E-state index is 4.52. The Hall–Kier alpha value is -1.32. The third-order valence-corrected chi connectivity index (χ3v) is 3.39. The number of rotatable bonds is 5. The molecule has 0 saturated heterocycles. The molecule has 1 aromatic heterocycles. The van der Waals surface area contributed by atoms with Crippen molar-refractivity contribution in [3.05, 3.63) is 12.4 Å². The van der Waals surface area contributed by atoms with Gasteiger partial charge < -0.3 is 10.6 Å². The molecule has 2 atom stereocenters. The lowest BCUT2D eigenvalue weighted by molar-refractivity contribution is 0.554. The van der Waals surface area contributed by atoms with Crippen LogP contribution in [0.25, 0.3) is 0 Å². The molecule has 94 valence electrons. The molecule has 0 amide bonds. The van der Waals surface area contributed by atoms with Crippen LogP contribution in [-0.2, 0) is 0 Å². The fourth-order valence-corrected chi connectivity index (χ4v) is 2.32. The first-order chi connectivity index (χ1) is 8.29. The van der Waals surface area contributed by atoms with E-state index in [1.807, 2.05) is 6.20 Å². The van der Waals surface area contributed by atoms with Crippen molar-refractivity contribution in [2.45, 2.75) is 45.6 Å². The van der Waals surface area contributed by atoms with Crippen LogP contribution in [0.5, 0.6) is 0 Å². The van der Waals surface area contributed by atoms with Crippen molar-refractivity contribution < 1.29 is 0 Å². The van der Waals surface area contributed by atoms with Crippen LogP contribution in [0.4, 0.5) is 11.6 Å². The van der Waals surface area contributed by atoms with E-state index in [1.54, 1.807) is 6.20 Å². The molecular weight excluding hydrogens is 212 g/mol. The summed E-state index contributed by atoms with van der Waals surface area (Å²) in [6.45, 7) is 5.39. The maximum Gasteiger partial charge on any atom is 0.147 e. The highest BCUT2D eigenvalue weighted by Gasteiger charge is 2.23. The quantitative estimate of drug-likeness (QED) is 0.822. The highest BCUT2D eigenvalue weighted by molar-refractivity contribution is 5.42. The van der Waals surface area contributed by atoms with E-state index in [0.717, 1.165) is 30.5 Å². The number of nitrogens with zero attached hydrogens (tertiary/aromatic N) is 2. The molecular formula is C13H22N4. The van der Waals surface area contributed by atoms with E-state index in [1.165, 1.54) is 19.3 Å². The van der Waals surface area contributed by atoms with Gasteiger partial charge in [0.05, 0.1) is 12.4 Å². The summed E-state index contributed by atoms with van der Waals surface area (Å²) < 4.78 is 0. The number of aromatic nitrogens is 2. The van der Waals surface area contributed by atoms with Gasteiger partial charge in [-0.15, -0.1) is 0 Å². The third kappa shape index (κ3) is 3.32. The number of hydrogen-bond acceptors (Lipinski definition) is 4. The summed E-state index contributed by atoms with van der Waals surface area (Å²) in [4.78, 5) is 8.74. The van der Waals surface area contributed by atoms with Crippen LogP contribution in [0.2, 0.25) is 0 Å². The molecule has 2 N–H and O–H groups in total. The van der Waals surface area contributed by atoms with E-state index in [2.05, 4.69) is 34.4 Å². The standard InChI is InChI=1S/C13H22N4/c1-3-7-15-12-8-14-9-13(17-12)16-11-6-4-5-10(11)2/h8-11H,3-7H2,1-2H3,(H2,15,16,17). The maximum atomic E-state index is 4.52. The van der Waals surface area contributed by atoms with E-state index in [4.69, 9.17) is 0 Å². The molecule has 4 nitrogen and oxygen atoms in total. The van der Waals surface area contributed by atoms with Gasteiger partial charge in [0.2, 0.25) is 0 Å². The third-order valence-electron chi connectivity index (χ3n) is 3.39. The van der Waals surface area contributed by atoms with Gasteiger partial charge in [-0.2, -0.15) is 0 Å². The SMILES string of the molecule is CCCNc1cncc(NC2CCCC2C)n1. The molecule has 2 rings (SSSR count). The predicted octanol–water partition coefficient (Wildman–Crippen LogP) is 2.90. The first-order valence-corrected chi connectivity index (χ1v) is 6.62. The second-order valence-corrected chi connectivity index (χ2v) is 4.88. The van der Waals surface area contributed by atoms with Crippen molar-refractivity contribution in [3.63, 3.8) is 0 Å². The molecule has 0 aromatic carbocycles. The van der Waals surface area contributed by atoms with Crippen LogP contribution < -0.4 is 10.6 Å². The lowest BCUT2D eigenvalue weighted by Gasteiger charge is -2.18. The molecule has 0 radical (unpaired) electrons. The van der Waals surface area contributed by atoms with E-state index in [9.17, 15) is 0 Å². The minimum Gasteiger partial charge on any atom is -0.369 e. The summed E-state index contributed by atoms with van der Waals surface area (Å²) in [5.74, 6) is 2.50. The molecule has 1 aliphatic carbocycles. The van der Waals surface area contributed by atoms with Gasteiger partial charge in [-0.05, 0) is 25.2 Å². The van der Waals surface area contributed by atoms with E-state index in [-0.39, 0.29) is 0 Å². The molecule has 1 aromatic rings. The lowest BCUT2D eigenvalue weighted by atomic mass is 10.1. The zero-order valence-corrected chi connectivity index (χ0v) is 10.7. The fraction of sp³-hybridized carbons (Fsp3) is 0.692. The van der Waals surface area contributed by atoms with Crippen LogP contribution in [0, 0.1) is 5.92 Å². The molecule has 17 heavy (non-hydrogen) atoms. The van der Waals surface area contributed by atoms with Crippen LogP contribution in [-0.4, -0.2) is 22.6 Å². The van der Waals surface area contributed by atoms with Gasteiger partial charge in [0.1, 0.15) is 11.6 Å². The summed E-state index contributed by atoms with van der Waals surface area (Å²) in [7, 11) is 0. The van der Waals surface area contributed by atoms with E-state index < -0.39 is 0 Å². The molecule has 1 saturated carbocycles. The van der Waals surface area contributed by atoms with Gasteiger partial charge in [-0.25, -0.2) is 4.98 Å². The van der Waals surface area contributed by atoms with Crippen LogP contribution >= 0.6 is 0 Å². The fourth-order valence-electron chi connectivity index (χ4n) is 2.32. The summed E-state index contributed by atoms with van der Waals surface area (Å²) in [5, 5.41) is 6.75. The van der Waals surface area contributed by atoms with Crippen LogP contribution in [0.1, 0.15) is 39.5 Å². The Bertz CT molecular complexity index is 353. The van der Waals surface area contributed by atoms with Gasteiger partial charge in [0, 0.05) is 12.6 Å². The van der Waals surface area contributed by atoms with Crippen molar-refractivity contribution in [2.75, 3.05) is 17.2 Å². The average Bonchev–Trinajstić information content (AvgIpc) is 2.73. The van der Waals surface area contributed by atoms with Crippen molar-refractivity contribution in [1.82, 2.24) is 9.97 Å². The van der Waals surface area contributed by atoms with Crippen molar-refractivity contribution in [2.24, 2.45) is 5.92 Å². The van der Waals surface area contributed by atoms with Gasteiger partial charge in [0.15, 0.2) is 0 Å². The lowest BCUT2D eigenvalue weighted by Crippen LogP contribution is -2.22. The Morgan fingerprint density at radius 3 is 2.82 bits per heavy atom. The van der Waals surface area contributed by atoms with Gasteiger partial charge in [-0.3, -0.25) is 4.98 Å². The van der Waals surface area contributed by atoms with Gasteiger partial charge in [0.25, 0.3) is 0 Å². The molecule has 4 heteroatoms. The minimum absolute atomic E-state index is 0.561. The highest BCUT2D eigenvalue weighted by atomic mass is 15.1. The smallest absolute Gasteiger partial charge is 0.147 e. The molecule has 1 aliphatic rings. The Kier molecular flexibility index (Phi) is 4.18. The van der Waals surface area contributed by atoms with Gasteiger partial charge in [-0.1, -0.05) is 20.3 Å². The van der Waals surface area contributed by atoms with Gasteiger partial charge >= 0.3 is 0 Å². The molecule has 1 fully saturated rings. The predicted molar refractivity (Wildman–Crippen MR) is 71.2 cm³/mol. The molecule has 1 heterocycles. The molecule has 2 unspecified atom stereocenters. The second kappa shape index (κ2) is 5.84. The summed E-state index contributed by atoms with van der Waals surface area (Å²) in [5.41, 5.74) is 0. The summed E-state index contributed by atoms with van der Waals surface area (Å²) in [6, 6.07) is 0.561. The Balaban J connectivity index is 1.95. The van der Waals surface area contributed by atoms with Crippen molar-refractivity contribution in [1.29, 1.82) is 0 Å². The zero-order chi connectivity index (χ0) is 12.1. The largest absolute Gasteiger partial charge is 0.369 e. The molecule has 0 spiro atoms. The average molecular weight is 234 g/mol. The zero-order valence-electron chi connectivity index (χ0n) is 10.7. The number of nitrogens with one attached hydrogen (secondary N) is 2. The Morgan fingerprint density at radius 1 is 1.29 bits per heavy atom. The van der Waals surface area contributed by atoms with Crippen molar-refractivity contribution >= 4 is 11.6 Å². The normalized spacial score (nSPS) is 23.6. The Labute approximate surface area is 103 Å². The topological polar surface area (TPSA) is 49.8 Å². The van der Waals surface area contributed by atoms with E-state index >= 15 is 0 Å². The van der Waals surface area contributed by atoms with Crippen LogP contribution in [0.3, 0.4) is 0 Å². The van der Waals surface area contributed by atoms with Crippen LogP contribution in [0.15, 0.2) is 12.4 Å². The summed E-state index contributed by atoms with van der Waals surface area (Å²) >= 11 is 0.